The Balaban J connectivity index is 1.40. The van der Waals surface area contributed by atoms with Crippen molar-refractivity contribution in [2.24, 2.45) is 0 Å². The van der Waals surface area contributed by atoms with Gasteiger partial charge < -0.3 is 14.6 Å². The van der Waals surface area contributed by atoms with Crippen LogP contribution in [0.25, 0.3) is 0 Å². The molecule has 30 heavy (non-hydrogen) atoms. The van der Waals surface area contributed by atoms with Gasteiger partial charge in [-0.25, -0.2) is 9.97 Å². The highest BCUT2D eigenvalue weighted by Crippen LogP contribution is 2.27. The van der Waals surface area contributed by atoms with Gasteiger partial charge in [0.1, 0.15) is 6.04 Å². The summed E-state index contributed by atoms with van der Waals surface area (Å²) in [5.74, 6) is -0.187. The van der Waals surface area contributed by atoms with Crippen molar-refractivity contribution >= 4 is 29.3 Å². The van der Waals surface area contributed by atoms with Gasteiger partial charge in [-0.3, -0.25) is 9.59 Å². The number of aromatic nitrogens is 2. The first kappa shape index (κ1) is 20.2. The second-order valence-corrected chi connectivity index (χ2v) is 8.22. The normalized spacial score (nSPS) is 15.9. The van der Waals surface area contributed by atoms with E-state index in [4.69, 9.17) is 4.42 Å². The molecule has 8 heteroatoms. The third kappa shape index (κ3) is 4.54. The summed E-state index contributed by atoms with van der Waals surface area (Å²) < 4.78 is 5.20. The van der Waals surface area contributed by atoms with Gasteiger partial charge in [-0.2, -0.15) is 0 Å². The zero-order valence-corrected chi connectivity index (χ0v) is 17.6. The number of likely N-dealkylation sites (tertiary alicyclic amines) is 1. The van der Waals surface area contributed by atoms with Crippen molar-refractivity contribution in [2.45, 2.75) is 42.8 Å². The summed E-state index contributed by atoms with van der Waals surface area (Å²) in [7, 11) is 0. The molecule has 0 bridgehead atoms. The number of rotatable bonds is 5. The summed E-state index contributed by atoms with van der Waals surface area (Å²) in [6, 6.07) is 12.2. The van der Waals surface area contributed by atoms with Gasteiger partial charge in [0.2, 0.25) is 5.91 Å². The predicted molar refractivity (Wildman–Crippen MR) is 113 cm³/mol. The highest BCUT2D eigenvalue weighted by molar-refractivity contribution is 7.99. The molecule has 2 amide bonds. The molecule has 7 nitrogen and oxygen atoms in total. The number of benzene rings is 1. The van der Waals surface area contributed by atoms with E-state index >= 15 is 0 Å². The number of nitrogens with one attached hydrogen (secondary N) is 1. The number of nitrogens with zero attached hydrogens (tertiary/aromatic N) is 3. The molecule has 1 N–H and O–H groups in total. The van der Waals surface area contributed by atoms with Gasteiger partial charge in [-0.1, -0.05) is 0 Å². The summed E-state index contributed by atoms with van der Waals surface area (Å²) in [6.07, 6.45) is 2.88. The second-order valence-electron chi connectivity index (χ2n) is 7.18. The Morgan fingerprint density at radius 1 is 1.13 bits per heavy atom. The maximum absolute atomic E-state index is 12.8. The second kappa shape index (κ2) is 8.71. The Kier molecular flexibility index (Phi) is 5.85. The van der Waals surface area contributed by atoms with Crippen LogP contribution in [0, 0.1) is 13.8 Å². The predicted octanol–water partition coefficient (Wildman–Crippen LogP) is 4.08. The van der Waals surface area contributed by atoms with Crippen LogP contribution in [-0.2, 0) is 4.79 Å². The molecular formula is C22H22N4O3S. The molecule has 0 unspecified atom stereocenters. The van der Waals surface area contributed by atoms with Crippen molar-refractivity contribution in [2.75, 3.05) is 11.9 Å². The summed E-state index contributed by atoms with van der Waals surface area (Å²) >= 11 is 1.47. The van der Waals surface area contributed by atoms with Crippen LogP contribution in [-0.4, -0.2) is 39.3 Å². The Bertz CT molecular complexity index is 1030. The fourth-order valence-corrected chi connectivity index (χ4v) is 4.36. The minimum Gasteiger partial charge on any atom is -0.459 e. The fraction of sp³-hybridized carbons (Fsp3) is 0.273. The molecule has 0 saturated carbocycles. The van der Waals surface area contributed by atoms with E-state index in [9.17, 15) is 9.59 Å². The monoisotopic (exact) mass is 422 g/mol. The van der Waals surface area contributed by atoms with Crippen molar-refractivity contribution in [3.8, 4) is 0 Å². The maximum Gasteiger partial charge on any atom is 0.290 e. The Hall–Kier alpha value is -3.13. The van der Waals surface area contributed by atoms with Gasteiger partial charge in [0.15, 0.2) is 10.9 Å². The Morgan fingerprint density at radius 3 is 2.53 bits per heavy atom. The van der Waals surface area contributed by atoms with Crippen LogP contribution in [0.3, 0.4) is 0 Å². The quantitative estimate of drug-likeness (QED) is 0.623. The maximum atomic E-state index is 12.8. The van der Waals surface area contributed by atoms with Gasteiger partial charge in [-0.15, -0.1) is 0 Å². The van der Waals surface area contributed by atoms with Gasteiger partial charge in [0.25, 0.3) is 5.91 Å². The molecule has 3 aromatic rings. The molecule has 1 aliphatic heterocycles. The van der Waals surface area contributed by atoms with E-state index in [1.807, 2.05) is 44.2 Å². The van der Waals surface area contributed by atoms with Crippen molar-refractivity contribution in [1.82, 2.24) is 14.9 Å². The smallest absolute Gasteiger partial charge is 0.290 e. The lowest BCUT2D eigenvalue weighted by molar-refractivity contribution is -0.119. The fourth-order valence-electron chi connectivity index (χ4n) is 3.50. The topological polar surface area (TPSA) is 88.3 Å². The lowest BCUT2D eigenvalue weighted by atomic mass is 10.2. The first-order valence-corrected chi connectivity index (χ1v) is 10.6. The van der Waals surface area contributed by atoms with Crippen LogP contribution >= 0.6 is 11.8 Å². The molecule has 1 atom stereocenters. The third-order valence-electron chi connectivity index (χ3n) is 4.84. The Labute approximate surface area is 178 Å². The molecule has 154 valence electrons. The van der Waals surface area contributed by atoms with Crippen LogP contribution in [0.4, 0.5) is 5.69 Å². The van der Waals surface area contributed by atoms with E-state index in [2.05, 4.69) is 15.3 Å². The summed E-state index contributed by atoms with van der Waals surface area (Å²) in [5.41, 5.74) is 2.54. The zero-order chi connectivity index (χ0) is 21.1. The van der Waals surface area contributed by atoms with Crippen molar-refractivity contribution in [3.05, 3.63) is 65.9 Å². The Morgan fingerprint density at radius 2 is 1.87 bits per heavy atom. The van der Waals surface area contributed by atoms with Gasteiger partial charge >= 0.3 is 0 Å². The molecule has 4 rings (SSSR count). The van der Waals surface area contributed by atoms with E-state index in [-0.39, 0.29) is 17.6 Å². The first-order valence-electron chi connectivity index (χ1n) is 9.75. The number of amides is 2. The molecule has 2 aromatic heterocycles. The number of aryl methyl sites for hydroxylation is 2. The van der Waals surface area contributed by atoms with Crippen molar-refractivity contribution in [1.29, 1.82) is 0 Å². The molecule has 3 heterocycles. The number of carbonyl (C=O) groups is 2. The molecule has 1 aliphatic rings. The van der Waals surface area contributed by atoms with E-state index in [0.717, 1.165) is 22.7 Å². The molecular weight excluding hydrogens is 400 g/mol. The number of hydrogen-bond acceptors (Lipinski definition) is 6. The van der Waals surface area contributed by atoms with E-state index in [1.54, 1.807) is 17.0 Å². The van der Waals surface area contributed by atoms with Crippen LogP contribution in [0.15, 0.2) is 63.2 Å². The van der Waals surface area contributed by atoms with Crippen LogP contribution < -0.4 is 5.32 Å². The average Bonchev–Trinajstić information content (AvgIpc) is 3.40. The minimum absolute atomic E-state index is 0.189. The number of hydrogen-bond donors (Lipinski definition) is 1. The SMILES string of the molecule is Cc1cc(C)nc(Sc2ccc(NC(=O)[C@H]3CCCN3C(=O)c3ccco3)cc2)n1. The number of furan rings is 1. The summed E-state index contributed by atoms with van der Waals surface area (Å²) in [4.78, 5) is 36.8. The molecule has 0 aliphatic carbocycles. The molecule has 0 radical (unpaired) electrons. The average molecular weight is 423 g/mol. The lowest BCUT2D eigenvalue weighted by Gasteiger charge is -2.23. The minimum atomic E-state index is -0.500. The van der Waals surface area contributed by atoms with Gasteiger partial charge in [-0.05, 0) is 80.9 Å². The summed E-state index contributed by atoms with van der Waals surface area (Å²) in [5, 5.41) is 3.62. The van der Waals surface area contributed by atoms with Crippen LogP contribution in [0.2, 0.25) is 0 Å². The standard InChI is InChI=1S/C22H22N4O3S/c1-14-13-15(2)24-22(23-14)30-17-9-7-16(8-10-17)25-20(27)18-5-3-11-26(18)21(28)19-6-4-12-29-19/h4,6-10,12-13,18H,3,5,11H2,1-2H3,(H,25,27)/t18-/m1/s1. The summed E-state index contributed by atoms with van der Waals surface area (Å²) in [6.45, 7) is 4.43. The largest absolute Gasteiger partial charge is 0.459 e. The van der Waals surface area contributed by atoms with E-state index in [1.165, 1.54) is 18.0 Å². The molecule has 1 aromatic carbocycles. The molecule has 0 spiro atoms. The van der Waals surface area contributed by atoms with Crippen LogP contribution in [0.1, 0.15) is 34.8 Å². The highest BCUT2D eigenvalue weighted by atomic mass is 32.2. The van der Waals surface area contributed by atoms with Crippen molar-refractivity contribution < 1.29 is 14.0 Å². The lowest BCUT2D eigenvalue weighted by Crippen LogP contribution is -2.43. The van der Waals surface area contributed by atoms with Gasteiger partial charge in [0, 0.05) is 28.5 Å². The third-order valence-corrected chi connectivity index (χ3v) is 5.71. The molecule has 1 fully saturated rings. The van der Waals surface area contributed by atoms with E-state index < -0.39 is 6.04 Å². The number of carbonyl (C=O) groups excluding carboxylic acids is 2. The first-order chi connectivity index (χ1) is 14.5. The van der Waals surface area contributed by atoms with E-state index in [0.29, 0.717) is 23.8 Å². The van der Waals surface area contributed by atoms with Crippen LogP contribution in [0.5, 0.6) is 0 Å². The molecule has 1 saturated heterocycles. The zero-order valence-electron chi connectivity index (χ0n) is 16.8. The van der Waals surface area contributed by atoms with Crippen molar-refractivity contribution in [3.63, 3.8) is 0 Å². The highest BCUT2D eigenvalue weighted by Gasteiger charge is 2.35. The number of anilines is 1. The van der Waals surface area contributed by atoms with Gasteiger partial charge in [0.05, 0.1) is 6.26 Å².